The van der Waals surface area contributed by atoms with Crippen LogP contribution in [0.4, 0.5) is 0 Å². The summed E-state index contributed by atoms with van der Waals surface area (Å²) in [6, 6.07) is 5.53. The highest BCUT2D eigenvalue weighted by Gasteiger charge is 2.20. The molecule has 21 heavy (non-hydrogen) atoms. The smallest absolute Gasteiger partial charge is 0.232 e. The van der Waals surface area contributed by atoms with E-state index in [0.717, 1.165) is 31.5 Å². The third-order valence-electron chi connectivity index (χ3n) is 3.70. The van der Waals surface area contributed by atoms with E-state index in [-0.39, 0.29) is 25.0 Å². The quantitative estimate of drug-likeness (QED) is 0.841. The van der Waals surface area contributed by atoms with Crippen LogP contribution >= 0.6 is 0 Å². The fourth-order valence-corrected chi connectivity index (χ4v) is 2.53. The zero-order chi connectivity index (χ0) is 14.7. The molecule has 0 aliphatic carbocycles. The highest BCUT2D eigenvalue weighted by Crippen LogP contribution is 2.32. The molecule has 2 amide bonds. The van der Waals surface area contributed by atoms with Crippen molar-refractivity contribution in [2.75, 3.05) is 19.9 Å². The first kappa shape index (κ1) is 13.7. The number of amides is 2. The molecule has 0 radical (unpaired) electrons. The summed E-state index contributed by atoms with van der Waals surface area (Å²) in [7, 11) is 0. The maximum Gasteiger partial charge on any atom is 0.232 e. The molecule has 1 fully saturated rings. The molecule has 0 aromatic heterocycles. The lowest BCUT2D eigenvalue weighted by Crippen LogP contribution is -2.33. The summed E-state index contributed by atoms with van der Waals surface area (Å²) < 4.78 is 10.5. The van der Waals surface area contributed by atoms with Crippen molar-refractivity contribution in [1.29, 1.82) is 0 Å². The molecule has 2 heterocycles. The second-order valence-electron chi connectivity index (χ2n) is 5.23. The average molecular weight is 290 g/mol. The monoisotopic (exact) mass is 290 g/mol. The van der Waals surface area contributed by atoms with Crippen molar-refractivity contribution in [2.45, 2.75) is 25.8 Å². The van der Waals surface area contributed by atoms with E-state index in [1.54, 1.807) is 4.90 Å². The molecule has 0 bridgehead atoms. The second-order valence-corrected chi connectivity index (χ2v) is 5.23. The number of carbonyl (C=O) groups is 2. The minimum Gasteiger partial charge on any atom is -0.454 e. The molecule has 112 valence electrons. The lowest BCUT2D eigenvalue weighted by molar-refractivity contribution is -0.135. The van der Waals surface area contributed by atoms with Crippen molar-refractivity contribution in [3.05, 3.63) is 23.8 Å². The standard InChI is InChI=1S/C15H18N2O4/c18-14(8-15(19)17-5-1-2-6-17)16-9-11-3-4-12-13(7-11)21-10-20-12/h3-4,7H,1-2,5-6,8-10H2,(H,16,18). The van der Waals surface area contributed by atoms with Gasteiger partial charge in [-0.05, 0) is 30.5 Å². The van der Waals surface area contributed by atoms with Crippen molar-refractivity contribution in [1.82, 2.24) is 10.2 Å². The Morgan fingerprint density at radius 2 is 1.90 bits per heavy atom. The Balaban J connectivity index is 1.48. The van der Waals surface area contributed by atoms with Gasteiger partial charge in [-0.1, -0.05) is 6.07 Å². The number of hydrogen-bond acceptors (Lipinski definition) is 4. The van der Waals surface area contributed by atoms with Crippen molar-refractivity contribution >= 4 is 11.8 Å². The Kier molecular flexibility index (Phi) is 3.94. The highest BCUT2D eigenvalue weighted by atomic mass is 16.7. The Morgan fingerprint density at radius 3 is 2.71 bits per heavy atom. The largest absolute Gasteiger partial charge is 0.454 e. The van der Waals surface area contributed by atoms with Gasteiger partial charge in [0.25, 0.3) is 0 Å². The van der Waals surface area contributed by atoms with Gasteiger partial charge in [0.1, 0.15) is 6.42 Å². The second kappa shape index (κ2) is 6.03. The average Bonchev–Trinajstić information content (AvgIpc) is 3.15. The van der Waals surface area contributed by atoms with Gasteiger partial charge in [-0.25, -0.2) is 0 Å². The zero-order valence-corrected chi connectivity index (χ0v) is 11.8. The lowest BCUT2D eigenvalue weighted by atomic mass is 10.2. The summed E-state index contributed by atoms with van der Waals surface area (Å²) in [5, 5.41) is 2.76. The zero-order valence-electron chi connectivity index (χ0n) is 11.8. The molecular weight excluding hydrogens is 272 g/mol. The van der Waals surface area contributed by atoms with Gasteiger partial charge in [0.2, 0.25) is 18.6 Å². The highest BCUT2D eigenvalue weighted by molar-refractivity contribution is 5.96. The van der Waals surface area contributed by atoms with Gasteiger partial charge in [-0.15, -0.1) is 0 Å². The molecule has 0 unspecified atom stereocenters. The third-order valence-corrected chi connectivity index (χ3v) is 3.70. The van der Waals surface area contributed by atoms with Gasteiger partial charge in [0, 0.05) is 19.6 Å². The Morgan fingerprint density at radius 1 is 1.14 bits per heavy atom. The summed E-state index contributed by atoms with van der Waals surface area (Å²) in [5.74, 6) is 1.07. The van der Waals surface area contributed by atoms with Gasteiger partial charge in [-0.3, -0.25) is 9.59 Å². The van der Waals surface area contributed by atoms with E-state index in [4.69, 9.17) is 9.47 Å². The summed E-state index contributed by atoms with van der Waals surface area (Å²) >= 11 is 0. The summed E-state index contributed by atoms with van der Waals surface area (Å²) in [6.45, 7) is 2.15. The van der Waals surface area contributed by atoms with Crippen LogP contribution in [-0.4, -0.2) is 36.6 Å². The van der Waals surface area contributed by atoms with Crippen molar-refractivity contribution in [2.24, 2.45) is 0 Å². The van der Waals surface area contributed by atoms with E-state index in [2.05, 4.69) is 5.32 Å². The van der Waals surface area contributed by atoms with Crippen LogP contribution < -0.4 is 14.8 Å². The van der Waals surface area contributed by atoms with Gasteiger partial charge in [0.15, 0.2) is 11.5 Å². The lowest BCUT2D eigenvalue weighted by Gasteiger charge is -2.14. The van der Waals surface area contributed by atoms with E-state index in [1.807, 2.05) is 18.2 Å². The summed E-state index contributed by atoms with van der Waals surface area (Å²) in [6.07, 6.45) is 1.99. The summed E-state index contributed by atoms with van der Waals surface area (Å²) in [4.78, 5) is 25.4. The SMILES string of the molecule is O=C(CC(=O)N1CCCC1)NCc1ccc2c(c1)OCO2. The number of nitrogens with one attached hydrogen (secondary N) is 1. The minimum absolute atomic E-state index is 0.0788. The normalized spacial score (nSPS) is 16.1. The number of hydrogen-bond donors (Lipinski definition) is 1. The number of fused-ring (bicyclic) bond motifs is 1. The molecule has 2 aliphatic rings. The maximum atomic E-state index is 11.8. The van der Waals surface area contributed by atoms with Crippen molar-refractivity contribution in [3.8, 4) is 11.5 Å². The van der Waals surface area contributed by atoms with Crippen LogP contribution in [0.2, 0.25) is 0 Å². The number of benzene rings is 1. The summed E-state index contributed by atoms with van der Waals surface area (Å²) in [5.41, 5.74) is 0.918. The molecule has 0 atom stereocenters. The molecule has 3 rings (SSSR count). The number of rotatable bonds is 4. The molecule has 6 heteroatoms. The fraction of sp³-hybridized carbons (Fsp3) is 0.467. The predicted molar refractivity (Wildman–Crippen MR) is 74.8 cm³/mol. The molecule has 0 spiro atoms. The van der Waals surface area contributed by atoms with E-state index < -0.39 is 0 Å². The maximum absolute atomic E-state index is 11.8. The third kappa shape index (κ3) is 3.26. The Labute approximate surface area is 123 Å². The number of likely N-dealkylation sites (tertiary alicyclic amines) is 1. The predicted octanol–water partition coefficient (Wildman–Crippen LogP) is 1.04. The van der Waals surface area contributed by atoms with E-state index >= 15 is 0 Å². The van der Waals surface area contributed by atoms with E-state index in [9.17, 15) is 9.59 Å². The first-order valence-corrected chi connectivity index (χ1v) is 7.15. The molecular formula is C15H18N2O4. The molecule has 1 N–H and O–H groups in total. The van der Waals surface area contributed by atoms with Gasteiger partial charge in [0.05, 0.1) is 0 Å². The molecule has 0 saturated carbocycles. The molecule has 2 aliphatic heterocycles. The molecule has 1 aromatic rings. The van der Waals surface area contributed by atoms with E-state index in [0.29, 0.717) is 18.0 Å². The van der Waals surface area contributed by atoms with Gasteiger partial charge >= 0.3 is 0 Å². The molecule has 1 saturated heterocycles. The minimum atomic E-state index is -0.246. The van der Waals surface area contributed by atoms with Crippen LogP contribution in [0, 0.1) is 0 Å². The first-order chi connectivity index (χ1) is 10.2. The first-order valence-electron chi connectivity index (χ1n) is 7.15. The topological polar surface area (TPSA) is 67.9 Å². The Hall–Kier alpha value is -2.24. The van der Waals surface area contributed by atoms with Crippen LogP contribution in [0.15, 0.2) is 18.2 Å². The van der Waals surface area contributed by atoms with Crippen LogP contribution in [0.3, 0.4) is 0 Å². The van der Waals surface area contributed by atoms with E-state index in [1.165, 1.54) is 0 Å². The number of ether oxygens (including phenoxy) is 2. The van der Waals surface area contributed by atoms with Crippen molar-refractivity contribution < 1.29 is 19.1 Å². The Bertz CT molecular complexity index is 553. The fourth-order valence-electron chi connectivity index (χ4n) is 2.53. The van der Waals surface area contributed by atoms with Crippen molar-refractivity contribution in [3.63, 3.8) is 0 Å². The molecule has 1 aromatic carbocycles. The van der Waals surface area contributed by atoms with Crippen LogP contribution in [-0.2, 0) is 16.1 Å². The van der Waals surface area contributed by atoms with Gasteiger partial charge in [-0.2, -0.15) is 0 Å². The van der Waals surface area contributed by atoms with Crippen LogP contribution in [0.25, 0.3) is 0 Å². The number of nitrogens with zero attached hydrogens (tertiary/aromatic N) is 1. The van der Waals surface area contributed by atoms with Gasteiger partial charge < -0.3 is 19.7 Å². The van der Waals surface area contributed by atoms with Crippen LogP contribution in [0.5, 0.6) is 11.5 Å². The molecule has 6 nitrogen and oxygen atoms in total. The number of carbonyl (C=O) groups excluding carboxylic acids is 2. The van der Waals surface area contributed by atoms with Crippen LogP contribution in [0.1, 0.15) is 24.8 Å².